The standard InChI is InChI=1S/C27H32N2O3S/c1-20-17-21(2)19-24(18-20)29(33(4,31)32)16-10-15-26(30)28-27(23-12-6-5-7-13-23)25-14-9-8-11-22(25)3/h5-9,11-14,17-19,27H,10,15-16H2,1-4H3,(H,28,30)/t27-/m1/s1. The van der Waals surface area contributed by atoms with Gasteiger partial charge < -0.3 is 5.32 Å². The van der Waals surface area contributed by atoms with E-state index in [-0.39, 0.29) is 24.9 Å². The van der Waals surface area contributed by atoms with Gasteiger partial charge in [-0.15, -0.1) is 0 Å². The Bertz CT molecular complexity index is 1190. The zero-order valence-corrected chi connectivity index (χ0v) is 20.5. The summed E-state index contributed by atoms with van der Waals surface area (Å²) in [7, 11) is -3.46. The van der Waals surface area contributed by atoms with E-state index in [9.17, 15) is 13.2 Å². The van der Waals surface area contributed by atoms with Crippen molar-refractivity contribution in [3.05, 3.63) is 101 Å². The molecule has 1 atom stereocenters. The molecule has 1 amide bonds. The largest absolute Gasteiger partial charge is 0.345 e. The van der Waals surface area contributed by atoms with E-state index in [0.29, 0.717) is 12.1 Å². The summed E-state index contributed by atoms with van der Waals surface area (Å²) >= 11 is 0. The highest BCUT2D eigenvalue weighted by Gasteiger charge is 2.21. The van der Waals surface area contributed by atoms with Crippen molar-refractivity contribution in [1.29, 1.82) is 0 Å². The lowest BCUT2D eigenvalue weighted by Crippen LogP contribution is -2.33. The molecule has 0 aromatic heterocycles. The number of anilines is 1. The summed E-state index contributed by atoms with van der Waals surface area (Å²) in [6, 6.07) is 23.4. The SMILES string of the molecule is Cc1cc(C)cc(N(CCCC(=O)N[C@H](c2ccccc2)c2ccccc2C)S(C)(=O)=O)c1. The van der Waals surface area contributed by atoms with Gasteiger partial charge in [0.15, 0.2) is 0 Å². The van der Waals surface area contributed by atoms with Gasteiger partial charge in [0.05, 0.1) is 18.0 Å². The smallest absolute Gasteiger partial charge is 0.232 e. The lowest BCUT2D eigenvalue weighted by Gasteiger charge is -2.24. The van der Waals surface area contributed by atoms with Crippen LogP contribution >= 0.6 is 0 Å². The molecule has 33 heavy (non-hydrogen) atoms. The predicted octanol–water partition coefficient (Wildman–Crippen LogP) is 5.06. The first-order valence-corrected chi connectivity index (χ1v) is 13.0. The highest BCUT2D eigenvalue weighted by atomic mass is 32.2. The number of hydrogen-bond donors (Lipinski definition) is 1. The Balaban J connectivity index is 1.72. The normalized spacial score (nSPS) is 12.2. The van der Waals surface area contributed by atoms with Gasteiger partial charge in [-0.25, -0.2) is 8.42 Å². The van der Waals surface area contributed by atoms with Crippen LogP contribution in [0.1, 0.15) is 46.7 Å². The topological polar surface area (TPSA) is 66.5 Å². The Morgan fingerprint density at radius 3 is 2.12 bits per heavy atom. The van der Waals surface area contributed by atoms with E-state index in [1.807, 2.05) is 93.6 Å². The molecule has 3 aromatic carbocycles. The molecule has 6 heteroatoms. The van der Waals surface area contributed by atoms with E-state index in [1.54, 1.807) is 0 Å². The molecule has 1 N–H and O–H groups in total. The molecule has 0 aliphatic rings. The lowest BCUT2D eigenvalue weighted by atomic mass is 9.95. The molecule has 3 rings (SSSR count). The van der Waals surface area contributed by atoms with Crippen LogP contribution in [-0.2, 0) is 14.8 Å². The van der Waals surface area contributed by atoms with Gasteiger partial charge in [-0.05, 0) is 67.1 Å². The lowest BCUT2D eigenvalue weighted by molar-refractivity contribution is -0.121. The highest BCUT2D eigenvalue weighted by molar-refractivity contribution is 7.92. The fourth-order valence-corrected chi connectivity index (χ4v) is 5.04. The minimum absolute atomic E-state index is 0.110. The molecule has 0 aliphatic heterocycles. The van der Waals surface area contributed by atoms with Crippen molar-refractivity contribution < 1.29 is 13.2 Å². The summed E-state index contributed by atoms with van der Waals surface area (Å²) in [5.41, 5.74) is 5.79. The highest BCUT2D eigenvalue weighted by Crippen LogP contribution is 2.25. The number of sulfonamides is 1. The number of aryl methyl sites for hydroxylation is 3. The predicted molar refractivity (Wildman–Crippen MR) is 135 cm³/mol. The first-order valence-electron chi connectivity index (χ1n) is 11.1. The van der Waals surface area contributed by atoms with Gasteiger partial charge in [0, 0.05) is 13.0 Å². The minimum Gasteiger partial charge on any atom is -0.345 e. The molecule has 0 spiro atoms. The second kappa shape index (κ2) is 10.7. The number of hydrogen-bond acceptors (Lipinski definition) is 3. The van der Waals surface area contributed by atoms with Crippen LogP contribution in [0.15, 0.2) is 72.8 Å². The van der Waals surface area contributed by atoms with Crippen molar-refractivity contribution >= 4 is 21.6 Å². The number of carbonyl (C=O) groups excluding carboxylic acids is 1. The maximum atomic E-state index is 12.9. The molecule has 0 fully saturated rings. The number of carbonyl (C=O) groups is 1. The second-order valence-corrected chi connectivity index (χ2v) is 10.5. The zero-order chi connectivity index (χ0) is 24.0. The van der Waals surface area contributed by atoms with Crippen molar-refractivity contribution in [3.63, 3.8) is 0 Å². The van der Waals surface area contributed by atoms with Gasteiger partial charge in [-0.1, -0.05) is 60.7 Å². The van der Waals surface area contributed by atoms with E-state index in [1.165, 1.54) is 10.6 Å². The van der Waals surface area contributed by atoms with Gasteiger partial charge in [-0.2, -0.15) is 0 Å². The van der Waals surface area contributed by atoms with Crippen LogP contribution in [0.2, 0.25) is 0 Å². The van der Waals surface area contributed by atoms with Crippen LogP contribution < -0.4 is 9.62 Å². The summed E-state index contributed by atoms with van der Waals surface area (Å²) in [5, 5.41) is 3.15. The molecule has 0 bridgehead atoms. The Labute approximate surface area is 197 Å². The molecule has 3 aromatic rings. The molecule has 0 aliphatic carbocycles. The molecule has 0 radical (unpaired) electrons. The van der Waals surface area contributed by atoms with Crippen LogP contribution in [-0.4, -0.2) is 27.1 Å². The Morgan fingerprint density at radius 2 is 1.52 bits per heavy atom. The van der Waals surface area contributed by atoms with E-state index in [4.69, 9.17) is 0 Å². The summed E-state index contributed by atoms with van der Waals surface area (Å²) in [4.78, 5) is 12.9. The third-order valence-electron chi connectivity index (χ3n) is 5.60. The maximum absolute atomic E-state index is 12.9. The third kappa shape index (κ3) is 6.68. The molecule has 0 saturated heterocycles. The average molecular weight is 465 g/mol. The molecule has 0 heterocycles. The van der Waals surface area contributed by atoms with Crippen LogP contribution in [0.25, 0.3) is 0 Å². The monoisotopic (exact) mass is 464 g/mol. The molecule has 5 nitrogen and oxygen atoms in total. The van der Waals surface area contributed by atoms with E-state index in [0.717, 1.165) is 27.8 Å². The first-order chi connectivity index (χ1) is 15.6. The van der Waals surface area contributed by atoms with E-state index >= 15 is 0 Å². The van der Waals surface area contributed by atoms with E-state index in [2.05, 4.69) is 5.32 Å². The van der Waals surface area contributed by atoms with Gasteiger partial charge in [0.1, 0.15) is 0 Å². The van der Waals surface area contributed by atoms with Crippen LogP contribution in [0.3, 0.4) is 0 Å². The van der Waals surface area contributed by atoms with Crippen molar-refractivity contribution in [3.8, 4) is 0 Å². The fourth-order valence-electron chi connectivity index (χ4n) is 4.09. The van der Waals surface area contributed by atoms with Gasteiger partial charge >= 0.3 is 0 Å². The van der Waals surface area contributed by atoms with Gasteiger partial charge in [0.2, 0.25) is 15.9 Å². The van der Waals surface area contributed by atoms with E-state index < -0.39 is 10.0 Å². The summed E-state index contributed by atoms with van der Waals surface area (Å²) in [6.45, 7) is 6.17. The number of nitrogens with zero attached hydrogens (tertiary/aromatic N) is 1. The first kappa shape index (κ1) is 24.5. The van der Waals surface area contributed by atoms with Crippen molar-refractivity contribution in [2.45, 2.75) is 39.7 Å². The van der Waals surface area contributed by atoms with Crippen LogP contribution in [0.5, 0.6) is 0 Å². The summed E-state index contributed by atoms with van der Waals surface area (Å²) in [5.74, 6) is -0.110. The summed E-state index contributed by atoms with van der Waals surface area (Å²) < 4.78 is 26.3. The minimum atomic E-state index is -3.46. The molecule has 0 unspecified atom stereocenters. The van der Waals surface area contributed by atoms with Crippen LogP contribution in [0.4, 0.5) is 5.69 Å². The molecule has 174 valence electrons. The second-order valence-electron chi connectivity index (χ2n) is 8.55. The zero-order valence-electron chi connectivity index (χ0n) is 19.7. The molecule has 0 saturated carbocycles. The number of benzene rings is 3. The Kier molecular flexibility index (Phi) is 7.92. The molecular weight excluding hydrogens is 432 g/mol. The summed E-state index contributed by atoms with van der Waals surface area (Å²) in [6.07, 6.45) is 1.85. The fraction of sp³-hybridized carbons (Fsp3) is 0.296. The van der Waals surface area contributed by atoms with Crippen molar-refractivity contribution in [1.82, 2.24) is 5.32 Å². The van der Waals surface area contributed by atoms with Gasteiger partial charge in [-0.3, -0.25) is 9.10 Å². The Hall–Kier alpha value is -3.12. The number of rotatable bonds is 9. The number of nitrogens with one attached hydrogen (secondary N) is 1. The van der Waals surface area contributed by atoms with Crippen LogP contribution in [0, 0.1) is 20.8 Å². The van der Waals surface area contributed by atoms with Crippen molar-refractivity contribution in [2.24, 2.45) is 0 Å². The quantitative estimate of drug-likeness (QED) is 0.481. The Morgan fingerprint density at radius 1 is 0.909 bits per heavy atom. The third-order valence-corrected chi connectivity index (χ3v) is 6.79. The maximum Gasteiger partial charge on any atom is 0.232 e. The van der Waals surface area contributed by atoms with Crippen molar-refractivity contribution in [2.75, 3.05) is 17.1 Å². The van der Waals surface area contributed by atoms with Gasteiger partial charge in [0.25, 0.3) is 0 Å². The number of amides is 1. The average Bonchev–Trinajstić information content (AvgIpc) is 2.74. The molecular formula is C27H32N2O3S.